The van der Waals surface area contributed by atoms with Crippen LogP contribution >= 0.6 is 27.3 Å². The number of anilines is 1. The second kappa shape index (κ2) is 2.67. The maximum atomic E-state index is 10.7. The van der Waals surface area contributed by atoms with Crippen molar-refractivity contribution in [3.8, 4) is 0 Å². The predicted molar refractivity (Wildman–Crippen MR) is 44.2 cm³/mol. The zero-order valence-electron chi connectivity index (χ0n) is 5.22. The Labute approximate surface area is 70.4 Å². The smallest absolute Gasteiger partial charge is 0.181 e. The SMILES string of the molecule is CC(=O)c1nc(N)sc1Br. The Kier molecular flexibility index (Phi) is 2.05. The standard InChI is InChI=1S/C5H5BrN2OS/c1-2(9)3-4(6)10-5(7)8-3/h1H3,(H2,7,8). The molecule has 1 heterocycles. The number of aromatic nitrogens is 1. The van der Waals surface area contributed by atoms with Crippen LogP contribution in [-0.2, 0) is 0 Å². The third-order valence-electron chi connectivity index (χ3n) is 0.936. The molecule has 0 saturated carbocycles. The van der Waals surface area contributed by atoms with Crippen LogP contribution in [0.3, 0.4) is 0 Å². The van der Waals surface area contributed by atoms with Crippen molar-refractivity contribution >= 4 is 38.2 Å². The normalized spacial score (nSPS) is 9.80. The lowest BCUT2D eigenvalue weighted by Crippen LogP contribution is -1.93. The van der Waals surface area contributed by atoms with Crippen LogP contribution in [0.4, 0.5) is 5.13 Å². The molecule has 0 fully saturated rings. The Hall–Kier alpha value is -0.420. The number of halogens is 1. The van der Waals surface area contributed by atoms with Gasteiger partial charge in [-0.2, -0.15) is 0 Å². The summed E-state index contributed by atoms with van der Waals surface area (Å²) in [6.45, 7) is 1.46. The molecule has 0 atom stereocenters. The first-order chi connectivity index (χ1) is 4.61. The van der Waals surface area contributed by atoms with Crippen molar-refractivity contribution in [2.24, 2.45) is 0 Å². The zero-order chi connectivity index (χ0) is 7.72. The predicted octanol–water partition coefficient (Wildman–Crippen LogP) is 1.69. The van der Waals surface area contributed by atoms with Crippen LogP contribution in [0.25, 0.3) is 0 Å². The van der Waals surface area contributed by atoms with E-state index in [0.717, 1.165) is 0 Å². The molecule has 1 aromatic heterocycles. The Morgan fingerprint density at radius 3 is 2.60 bits per heavy atom. The summed E-state index contributed by atoms with van der Waals surface area (Å²) in [7, 11) is 0. The van der Waals surface area contributed by atoms with Crippen LogP contribution in [0.1, 0.15) is 17.4 Å². The van der Waals surface area contributed by atoms with E-state index in [1.165, 1.54) is 18.3 Å². The highest BCUT2D eigenvalue weighted by atomic mass is 79.9. The summed E-state index contributed by atoms with van der Waals surface area (Å²) in [6, 6.07) is 0. The van der Waals surface area contributed by atoms with Crippen molar-refractivity contribution in [3.05, 3.63) is 9.48 Å². The topological polar surface area (TPSA) is 56.0 Å². The summed E-state index contributed by atoms with van der Waals surface area (Å²) in [5.41, 5.74) is 5.76. The third kappa shape index (κ3) is 1.35. The van der Waals surface area contributed by atoms with E-state index in [1.54, 1.807) is 0 Å². The molecule has 54 valence electrons. The van der Waals surface area contributed by atoms with Gasteiger partial charge in [-0.05, 0) is 15.9 Å². The summed E-state index contributed by atoms with van der Waals surface area (Å²) in [5, 5.41) is 0.414. The minimum atomic E-state index is -0.0696. The van der Waals surface area contributed by atoms with Gasteiger partial charge in [0.2, 0.25) is 0 Å². The first kappa shape index (κ1) is 7.68. The Morgan fingerprint density at radius 1 is 1.80 bits per heavy atom. The molecule has 0 unspecified atom stereocenters. The number of thiazole rings is 1. The second-order valence-electron chi connectivity index (χ2n) is 1.73. The molecule has 0 saturated heterocycles. The quantitative estimate of drug-likeness (QED) is 0.734. The molecule has 10 heavy (non-hydrogen) atoms. The van der Waals surface area contributed by atoms with E-state index in [2.05, 4.69) is 20.9 Å². The van der Waals surface area contributed by atoms with E-state index < -0.39 is 0 Å². The van der Waals surface area contributed by atoms with Gasteiger partial charge in [0.25, 0.3) is 0 Å². The number of Topliss-reactive ketones (excluding diaryl/α,β-unsaturated/α-hetero) is 1. The van der Waals surface area contributed by atoms with E-state index in [4.69, 9.17) is 5.73 Å². The number of nitrogens with two attached hydrogens (primary N) is 1. The van der Waals surface area contributed by atoms with Crippen molar-refractivity contribution in [3.63, 3.8) is 0 Å². The Balaban J connectivity index is 3.15. The van der Waals surface area contributed by atoms with Crippen molar-refractivity contribution < 1.29 is 4.79 Å². The molecule has 0 aliphatic rings. The fraction of sp³-hybridized carbons (Fsp3) is 0.200. The van der Waals surface area contributed by atoms with Crippen molar-refractivity contribution in [2.45, 2.75) is 6.92 Å². The van der Waals surface area contributed by atoms with Gasteiger partial charge in [-0.25, -0.2) is 4.98 Å². The molecule has 1 rings (SSSR count). The lowest BCUT2D eigenvalue weighted by molar-refractivity contribution is 0.101. The van der Waals surface area contributed by atoms with Crippen LogP contribution in [-0.4, -0.2) is 10.8 Å². The largest absolute Gasteiger partial charge is 0.375 e. The van der Waals surface area contributed by atoms with Crippen molar-refractivity contribution in [1.82, 2.24) is 4.98 Å². The molecule has 0 aromatic carbocycles. The monoisotopic (exact) mass is 220 g/mol. The van der Waals surface area contributed by atoms with Crippen LogP contribution in [0, 0.1) is 0 Å². The van der Waals surface area contributed by atoms with Gasteiger partial charge in [0.05, 0.1) is 0 Å². The van der Waals surface area contributed by atoms with Gasteiger partial charge >= 0.3 is 0 Å². The number of ketones is 1. The number of carbonyl (C=O) groups excluding carboxylic acids is 1. The van der Waals surface area contributed by atoms with Gasteiger partial charge in [0.15, 0.2) is 10.9 Å². The van der Waals surface area contributed by atoms with E-state index in [-0.39, 0.29) is 5.78 Å². The Morgan fingerprint density at radius 2 is 2.40 bits per heavy atom. The molecule has 0 radical (unpaired) electrons. The van der Waals surface area contributed by atoms with Crippen LogP contribution in [0.5, 0.6) is 0 Å². The highest BCUT2D eigenvalue weighted by Gasteiger charge is 2.09. The molecule has 3 nitrogen and oxygen atoms in total. The summed E-state index contributed by atoms with van der Waals surface area (Å²) in [6.07, 6.45) is 0. The summed E-state index contributed by atoms with van der Waals surface area (Å²) < 4.78 is 0.706. The highest BCUT2D eigenvalue weighted by Crippen LogP contribution is 2.26. The first-order valence-corrected chi connectivity index (χ1v) is 4.15. The fourth-order valence-electron chi connectivity index (χ4n) is 0.534. The summed E-state index contributed by atoms with van der Waals surface area (Å²) in [4.78, 5) is 14.5. The number of hydrogen-bond donors (Lipinski definition) is 1. The van der Waals surface area contributed by atoms with Gasteiger partial charge in [-0.3, -0.25) is 4.79 Å². The van der Waals surface area contributed by atoms with Gasteiger partial charge in [0.1, 0.15) is 9.48 Å². The van der Waals surface area contributed by atoms with Crippen molar-refractivity contribution in [2.75, 3.05) is 5.73 Å². The number of rotatable bonds is 1. The number of nitrogen functional groups attached to an aromatic ring is 1. The van der Waals surface area contributed by atoms with Gasteiger partial charge in [-0.1, -0.05) is 11.3 Å². The summed E-state index contributed by atoms with van der Waals surface area (Å²) >= 11 is 4.43. The Bertz CT molecular complexity index is 271. The maximum absolute atomic E-state index is 10.7. The van der Waals surface area contributed by atoms with Crippen LogP contribution in [0.2, 0.25) is 0 Å². The van der Waals surface area contributed by atoms with Crippen molar-refractivity contribution in [1.29, 1.82) is 0 Å². The van der Waals surface area contributed by atoms with E-state index in [1.807, 2.05) is 0 Å². The van der Waals surface area contributed by atoms with Gasteiger partial charge in [-0.15, -0.1) is 0 Å². The minimum Gasteiger partial charge on any atom is -0.375 e. The third-order valence-corrected chi connectivity index (χ3v) is 2.47. The molecular weight excluding hydrogens is 216 g/mol. The molecule has 0 aliphatic carbocycles. The average molecular weight is 221 g/mol. The molecule has 0 spiro atoms. The summed E-state index contributed by atoms with van der Waals surface area (Å²) in [5.74, 6) is -0.0696. The van der Waals surface area contributed by atoms with Gasteiger partial charge in [0, 0.05) is 6.92 Å². The maximum Gasteiger partial charge on any atom is 0.181 e. The molecule has 0 amide bonds. The van der Waals surface area contributed by atoms with Crippen LogP contribution in [0.15, 0.2) is 3.79 Å². The average Bonchev–Trinajstić information content (AvgIpc) is 2.10. The molecule has 0 aliphatic heterocycles. The minimum absolute atomic E-state index is 0.0696. The molecule has 5 heteroatoms. The molecule has 2 N–H and O–H groups in total. The van der Waals surface area contributed by atoms with E-state index in [0.29, 0.717) is 14.6 Å². The molecular formula is C5H5BrN2OS. The van der Waals surface area contributed by atoms with E-state index >= 15 is 0 Å². The lowest BCUT2D eigenvalue weighted by Gasteiger charge is -1.84. The van der Waals surface area contributed by atoms with E-state index in [9.17, 15) is 4.79 Å². The number of carbonyl (C=O) groups is 1. The molecule has 0 bridgehead atoms. The highest BCUT2D eigenvalue weighted by molar-refractivity contribution is 9.11. The molecule has 1 aromatic rings. The lowest BCUT2D eigenvalue weighted by atomic mass is 10.4. The zero-order valence-corrected chi connectivity index (χ0v) is 7.62. The fourth-order valence-corrected chi connectivity index (χ4v) is 2.01. The van der Waals surface area contributed by atoms with Gasteiger partial charge < -0.3 is 5.73 Å². The van der Waals surface area contributed by atoms with Crippen LogP contribution < -0.4 is 5.73 Å². The first-order valence-electron chi connectivity index (χ1n) is 2.54. The second-order valence-corrected chi connectivity index (χ2v) is 4.08. The number of nitrogens with zero attached hydrogens (tertiary/aromatic N) is 1. The number of hydrogen-bond acceptors (Lipinski definition) is 4.